The number of aromatic nitrogens is 5. The van der Waals surface area contributed by atoms with Crippen molar-refractivity contribution in [2.45, 2.75) is 78.6 Å². The van der Waals surface area contributed by atoms with Gasteiger partial charge in [-0.15, -0.1) is 23.8 Å². The molecule has 0 spiro atoms. The van der Waals surface area contributed by atoms with Crippen LogP contribution in [-0.4, -0.2) is 19.1 Å². The van der Waals surface area contributed by atoms with Crippen LogP contribution in [0.25, 0.3) is 77.9 Å². The second kappa shape index (κ2) is 13.5. The molecule has 56 heavy (non-hydrogen) atoms. The van der Waals surface area contributed by atoms with Crippen LogP contribution in [0.15, 0.2) is 121 Å². The van der Waals surface area contributed by atoms with Crippen LogP contribution in [0, 0.1) is 6.07 Å². The summed E-state index contributed by atoms with van der Waals surface area (Å²) in [6, 6.07) is 47.1. The van der Waals surface area contributed by atoms with Gasteiger partial charge < -0.3 is 14.1 Å². The number of rotatable bonds is 4. The first-order valence-corrected chi connectivity index (χ1v) is 19.3. The zero-order valence-corrected chi connectivity index (χ0v) is 35.9. The van der Waals surface area contributed by atoms with E-state index in [-0.39, 0.29) is 37.3 Å². The third-order valence-corrected chi connectivity index (χ3v) is 10.9. The first-order valence-electron chi connectivity index (χ1n) is 19.3. The third-order valence-electron chi connectivity index (χ3n) is 10.9. The second-order valence-corrected chi connectivity index (χ2v) is 18.0. The summed E-state index contributed by atoms with van der Waals surface area (Å²) < 4.78 is 4.54. The van der Waals surface area contributed by atoms with E-state index in [0.29, 0.717) is 0 Å². The molecule has 0 aliphatic carbocycles. The van der Waals surface area contributed by atoms with Crippen LogP contribution >= 0.6 is 0 Å². The minimum absolute atomic E-state index is 0. The predicted molar refractivity (Wildman–Crippen MR) is 230 cm³/mol. The Morgan fingerprint density at radius 1 is 0.518 bits per heavy atom. The summed E-state index contributed by atoms with van der Waals surface area (Å²) in [4.78, 5) is 16.2. The van der Waals surface area contributed by atoms with Crippen molar-refractivity contribution in [3.8, 4) is 34.2 Å². The molecule has 0 aliphatic rings. The van der Waals surface area contributed by atoms with E-state index in [2.05, 4.69) is 193 Å². The van der Waals surface area contributed by atoms with Crippen LogP contribution in [0.3, 0.4) is 0 Å². The van der Waals surface area contributed by atoms with Crippen molar-refractivity contribution in [2.75, 3.05) is 0 Å². The largest absolute Gasteiger partial charge is 2.00 e. The minimum atomic E-state index is -0.135. The van der Waals surface area contributed by atoms with Crippen molar-refractivity contribution < 1.29 is 21.1 Å². The first-order chi connectivity index (χ1) is 26.2. The van der Waals surface area contributed by atoms with Gasteiger partial charge in [-0.3, -0.25) is 9.97 Å². The molecule has 0 N–H and O–H groups in total. The molecule has 6 heteroatoms. The zero-order chi connectivity index (χ0) is 38.4. The number of fused-ring (bicyclic) bond motifs is 5. The van der Waals surface area contributed by atoms with Gasteiger partial charge in [-0.05, 0) is 73.6 Å². The molecule has 5 aromatic carbocycles. The molecule has 0 saturated heterocycles. The topological polar surface area (TPSA) is 49.7 Å². The Morgan fingerprint density at radius 3 is 1.89 bits per heavy atom. The van der Waals surface area contributed by atoms with Crippen LogP contribution in [0.2, 0.25) is 0 Å². The molecule has 9 aromatic rings. The maximum atomic E-state index is 5.57. The predicted octanol–water partition coefficient (Wildman–Crippen LogP) is 12.7. The molecule has 0 amide bonds. The Kier molecular flexibility index (Phi) is 9.05. The molecule has 0 bridgehead atoms. The molecule has 9 rings (SSSR count). The fourth-order valence-corrected chi connectivity index (χ4v) is 7.88. The molecule has 4 heterocycles. The number of benzene rings is 5. The molecule has 0 unspecified atom stereocenters. The van der Waals surface area contributed by atoms with Crippen molar-refractivity contribution in [1.82, 2.24) is 24.1 Å². The molecular formula is C50H47N5Pt. The number of hydrogen-bond donors (Lipinski definition) is 0. The van der Waals surface area contributed by atoms with Crippen molar-refractivity contribution in [2.24, 2.45) is 0 Å². The monoisotopic (exact) mass is 912 g/mol. The molecule has 0 radical (unpaired) electrons. The van der Waals surface area contributed by atoms with E-state index in [4.69, 9.17) is 15.0 Å². The smallest absolute Gasteiger partial charge is 0.438 e. The summed E-state index contributed by atoms with van der Waals surface area (Å²) in [6.45, 7) is 20.3. The summed E-state index contributed by atoms with van der Waals surface area (Å²) in [5, 5.41) is 4.59. The maximum absolute atomic E-state index is 5.57. The van der Waals surface area contributed by atoms with Gasteiger partial charge in [-0.25, -0.2) is 0 Å². The number of para-hydroxylation sites is 3. The van der Waals surface area contributed by atoms with Gasteiger partial charge in [-0.1, -0.05) is 164 Å². The average molecular weight is 913 g/mol. The number of hydrogen-bond acceptors (Lipinski definition) is 2. The minimum Gasteiger partial charge on any atom is -0.438 e. The Balaban J connectivity index is 0.00000441. The summed E-state index contributed by atoms with van der Waals surface area (Å²) >= 11 is 0. The second-order valence-electron chi connectivity index (χ2n) is 18.0. The maximum Gasteiger partial charge on any atom is 2.00 e. The molecular weight excluding hydrogens is 866 g/mol. The van der Waals surface area contributed by atoms with Crippen molar-refractivity contribution >= 4 is 43.7 Å². The van der Waals surface area contributed by atoms with E-state index >= 15 is 0 Å². The Morgan fingerprint density at radius 2 is 1.18 bits per heavy atom. The fraction of sp³-hybridized carbons (Fsp3) is 0.240. The molecule has 0 fully saturated rings. The van der Waals surface area contributed by atoms with Gasteiger partial charge in [0.25, 0.3) is 0 Å². The van der Waals surface area contributed by atoms with Crippen molar-refractivity contribution in [1.29, 1.82) is 0 Å². The molecule has 0 aliphatic heterocycles. The molecule has 5 nitrogen and oxygen atoms in total. The quantitative estimate of drug-likeness (QED) is 0.165. The van der Waals surface area contributed by atoms with Crippen molar-refractivity contribution in [3.05, 3.63) is 144 Å². The summed E-state index contributed by atoms with van der Waals surface area (Å²) in [5.74, 6) is 1.77. The van der Waals surface area contributed by atoms with E-state index in [1.807, 2.05) is 6.07 Å². The van der Waals surface area contributed by atoms with Crippen LogP contribution in [0.5, 0.6) is 0 Å². The average Bonchev–Trinajstić information content (AvgIpc) is 3.84. The Bertz CT molecular complexity index is 2920. The molecule has 0 saturated carbocycles. The molecule has 0 atom stereocenters. The zero-order valence-electron chi connectivity index (χ0n) is 33.6. The molecule has 4 aromatic heterocycles. The van der Waals surface area contributed by atoms with E-state index in [0.717, 1.165) is 72.8 Å². The standard InChI is InChI=1S/C50H47N5.Pt/c1-48(2,3)33-23-26-42-39(30-33)38-24-25-40(51-46(38)55(42)47-37-20-14-13-19-36(37)44(53-47)50(7,8)9)31-27-32(29-34(28-31)49(4,5)6)45-52-41-21-15-16-22-43(41)54(45)35-17-11-10-12-18-35;/h10-26,28-30H,1-9H3;/q-2;+2. The van der Waals surface area contributed by atoms with Crippen LogP contribution in [0.1, 0.15) is 79.1 Å². The van der Waals surface area contributed by atoms with Crippen LogP contribution in [-0.2, 0) is 37.3 Å². The van der Waals surface area contributed by atoms with Gasteiger partial charge in [0.05, 0.1) is 22.5 Å². The van der Waals surface area contributed by atoms with E-state index in [9.17, 15) is 0 Å². The van der Waals surface area contributed by atoms with E-state index in [1.54, 1.807) is 0 Å². The summed E-state index contributed by atoms with van der Waals surface area (Å²) in [7, 11) is 0. The van der Waals surface area contributed by atoms with Gasteiger partial charge in [0.2, 0.25) is 0 Å². The van der Waals surface area contributed by atoms with Gasteiger partial charge in [0, 0.05) is 16.8 Å². The Labute approximate surface area is 344 Å². The molecule has 282 valence electrons. The van der Waals surface area contributed by atoms with E-state index < -0.39 is 0 Å². The first kappa shape index (κ1) is 37.7. The van der Waals surface area contributed by atoms with Gasteiger partial charge in [-0.2, -0.15) is 0 Å². The Hall–Kier alpha value is -5.25. The SMILES string of the molecule is CC(C)(C)c1cc(-c2ccc3c4cc(C(C)(C)C)ccc4n(-c4[n-]c(C(C)(C)C)c5ccccc45)c3n2)[c-]c(-c2nc3ccccc3n2-c2ccccc2)c1.[Pt+2]. The number of imidazole rings is 1. The number of pyridine rings is 1. The van der Waals surface area contributed by atoms with Crippen LogP contribution in [0.4, 0.5) is 0 Å². The fourth-order valence-electron chi connectivity index (χ4n) is 7.88. The van der Waals surface area contributed by atoms with Gasteiger partial charge in [0.15, 0.2) is 0 Å². The number of nitrogens with zero attached hydrogens (tertiary/aromatic N) is 5. The van der Waals surface area contributed by atoms with Gasteiger partial charge in [0.1, 0.15) is 0 Å². The summed E-state index contributed by atoms with van der Waals surface area (Å²) in [5.41, 5.74) is 11.1. The van der Waals surface area contributed by atoms with Crippen LogP contribution < -0.4 is 4.98 Å². The summed E-state index contributed by atoms with van der Waals surface area (Å²) in [6.07, 6.45) is 0. The normalized spacial score (nSPS) is 12.6. The van der Waals surface area contributed by atoms with E-state index in [1.165, 1.54) is 21.9 Å². The van der Waals surface area contributed by atoms with Gasteiger partial charge >= 0.3 is 21.1 Å². The van der Waals surface area contributed by atoms with Crippen molar-refractivity contribution in [3.63, 3.8) is 0 Å². The third kappa shape index (κ3) is 6.31.